The Morgan fingerprint density at radius 2 is 1.72 bits per heavy atom. The summed E-state index contributed by atoms with van der Waals surface area (Å²) >= 11 is 0. The van der Waals surface area contributed by atoms with E-state index in [1.54, 1.807) is 26.0 Å². The first-order chi connectivity index (χ1) is 16.9. The number of nitrogens with zero attached hydrogens (tertiary/aromatic N) is 6. The molecule has 2 amide bonds. The molecule has 2 fully saturated rings. The minimum Gasteiger partial charge on any atom is -0.381 e. The molecular formula is C25H40N6O4S. The fourth-order valence-corrected chi connectivity index (χ4v) is 6.31. The number of carbonyl (C=O) groups excluding carboxylic acids is 1. The van der Waals surface area contributed by atoms with Crippen molar-refractivity contribution in [3.8, 4) is 0 Å². The smallest absolute Gasteiger partial charge is 0.319 e. The molecular weight excluding hydrogens is 480 g/mol. The van der Waals surface area contributed by atoms with Crippen LogP contribution in [0.25, 0.3) is 11.0 Å². The molecule has 0 radical (unpaired) electrons. The minimum atomic E-state index is -3.74. The maximum atomic E-state index is 13.4. The molecule has 200 valence electrons. The van der Waals surface area contributed by atoms with Gasteiger partial charge < -0.3 is 19.1 Å². The van der Waals surface area contributed by atoms with E-state index in [0.717, 1.165) is 49.5 Å². The number of carbonyl (C=O) groups is 1. The summed E-state index contributed by atoms with van der Waals surface area (Å²) in [6.07, 6.45) is 2.07. The van der Waals surface area contributed by atoms with Crippen LogP contribution in [0.3, 0.4) is 0 Å². The molecule has 2 aliphatic heterocycles. The van der Waals surface area contributed by atoms with Crippen LogP contribution in [0.2, 0.25) is 0 Å². The van der Waals surface area contributed by atoms with Crippen LogP contribution < -0.4 is 4.31 Å². The Morgan fingerprint density at radius 3 is 2.31 bits per heavy atom. The van der Waals surface area contributed by atoms with Gasteiger partial charge in [0, 0.05) is 72.5 Å². The second-order valence-corrected chi connectivity index (χ2v) is 13.0. The van der Waals surface area contributed by atoms with Crippen LogP contribution in [-0.2, 0) is 26.9 Å². The highest BCUT2D eigenvalue weighted by Crippen LogP contribution is 2.32. The van der Waals surface area contributed by atoms with Crippen molar-refractivity contribution in [2.75, 3.05) is 64.8 Å². The summed E-state index contributed by atoms with van der Waals surface area (Å²) in [7, 11) is 1.24. The van der Waals surface area contributed by atoms with Gasteiger partial charge in [-0.05, 0) is 37.0 Å². The van der Waals surface area contributed by atoms with Crippen molar-refractivity contribution < 1.29 is 17.9 Å². The molecule has 10 nitrogen and oxygen atoms in total. The number of amides is 2. The van der Waals surface area contributed by atoms with Crippen LogP contribution in [0.15, 0.2) is 18.2 Å². The summed E-state index contributed by atoms with van der Waals surface area (Å²) in [6, 6.07) is 5.62. The number of piperazine rings is 1. The van der Waals surface area contributed by atoms with Crippen molar-refractivity contribution >= 4 is 33.0 Å². The van der Waals surface area contributed by atoms with Gasteiger partial charge in [0.05, 0.1) is 16.7 Å². The molecule has 2 aromatic rings. The molecule has 2 saturated heterocycles. The SMILES string of the molecule is CN(C)C(=O)N1CCN(S(=O)(=O)N(C)c2ccc3c(c2)nc(C(C)(C)C)n3CC2CCOCC2)CC1. The van der Waals surface area contributed by atoms with Crippen molar-refractivity contribution in [1.82, 2.24) is 23.7 Å². The number of hydrogen-bond acceptors (Lipinski definition) is 5. The van der Waals surface area contributed by atoms with E-state index in [1.165, 1.54) is 13.5 Å². The van der Waals surface area contributed by atoms with E-state index >= 15 is 0 Å². The molecule has 36 heavy (non-hydrogen) atoms. The second kappa shape index (κ2) is 10.2. The van der Waals surface area contributed by atoms with Gasteiger partial charge in [0.25, 0.3) is 0 Å². The normalized spacial score (nSPS) is 18.6. The third-order valence-corrected chi connectivity index (χ3v) is 9.03. The third kappa shape index (κ3) is 5.33. The molecule has 0 aliphatic carbocycles. The van der Waals surface area contributed by atoms with Crippen LogP contribution in [0.1, 0.15) is 39.4 Å². The molecule has 0 bridgehead atoms. The van der Waals surface area contributed by atoms with Gasteiger partial charge in [-0.15, -0.1) is 0 Å². The van der Waals surface area contributed by atoms with Gasteiger partial charge in [-0.3, -0.25) is 4.31 Å². The zero-order chi connectivity index (χ0) is 26.3. The van der Waals surface area contributed by atoms with E-state index in [0.29, 0.717) is 24.7 Å². The largest absolute Gasteiger partial charge is 0.381 e. The van der Waals surface area contributed by atoms with Gasteiger partial charge in [0.15, 0.2) is 0 Å². The van der Waals surface area contributed by atoms with Gasteiger partial charge in [0.1, 0.15) is 5.82 Å². The summed E-state index contributed by atoms with van der Waals surface area (Å²) in [5.41, 5.74) is 2.25. The lowest BCUT2D eigenvalue weighted by Gasteiger charge is -2.37. The van der Waals surface area contributed by atoms with Gasteiger partial charge in [-0.2, -0.15) is 12.7 Å². The molecule has 4 rings (SSSR count). The van der Waals surface area contributed by atoms with Gasteiger partial charge >= 0.3 is 16.2 Å². The summed E-state index contributed by atoms with van der Waals surface area (Å²) in [4.78, 5) is 20.4. The van der Waals surface area contributed by atoms with Crippen molar-refractivity contribution in [3.63, 3.8) is 0 Å². The number of anilines is 1. The van der Waals surface area contributed by atoms with Crippen LogP contribution >= 0.6 is 0 Å². The van der Waals surface area contributed by atoms with E-state index in [1.807, 2.05) is 18.2 Å². The van der Waals surface area contributed by atoms with Crippen LogP contribution in [-0.4, -0.2) is 98.6 Å². The van der Waals surface area contributed by atoms with Gasteiger partial charge in [0.2, 0.25) is 0 Å². The van der Waals surface area contributed by atoms with E-state index in [4.69, 9.17) is 9.72 Å². The number of aromatic nitrogens is 2. The first-order valence-electron chi connectivity index (χ1n) is 12.7. The highest BCUT2D eigenvalue weighted by molar-refractivity contribution is 7.90. The van der Waals surface area contributed by atoms with Crippen molar-refractivity contribution in [2.45, 2.75) is 45.6 Å². The van der Waals surface area contributed by atoms with Crippen LogP contribution in [0.5, 0.6) is 0 Å². The van der Waals surface area contributed by atoms with E-state index < -0.39 is 10.2 Å². The summed E-state index contributed by atoms with van der Waals surface area (Å²) in [6.45, 7) is 10.2. The minimum absolute atomic E-state index is 0.100. The quantitative estimate of drug-likeness (QED) is 0.605. The molecule has 0 N–H and O–H groups in total. The maximum absolute atomic E-state index is 13.4. The lowest BCUT2D eigenvalue weighted by atomic mass is 9.94. The zero-order valence-corrected chi connectivity index (χ0v) is 23.2. The Kier molecular flexibility index (Phi) is 7.55. The summed E-state index contributed by atoms with van der Waals surface area (Å²) in [5.74, 6) is 1.55. The molecule has 11 heteroatoms. The lowest BCUT2D eigenvalue weighted by Crippen LogP contribution is -2.55. The molecule has 0 unspecified atom stereocenters. The number of urea groups is 1. The number of rotatable bonds is 5. The standard InChI is InChI=1S/C25H40N6O4S/c1-25(2,3)23-26-21-17-20(7-8-22(21)31(23)18-19-9-15-35-16-10-19)28(6)36(33,34)30-13-11-29(12-14-30)24(32)27(4)5/h7-8,17,19H,9-16,18H2,1-6H3. The van der Waals surface area contributed by atoms with E-state index in [2.05, 4.69) is 25.3 Å². The highest BCUT2D eigenvalue weighted by Gasteiger charge is 2.33. The number of ether oxygens (including phenoxy) is 1. The maximum Gasteiger partial charge on any atom is 0.319 e. The third-order valence-electron chi connectivity index (χ3n) is 7.11. The van der Waals surface area contributed by atoms with Crippen molar-refractivity contribution in [1.29, 1.82) is 0 Å². The number of hydrogen-bond donors (Lipinski definition) is 0. The molecule has 2 aliphatic rings. The summed E-state index contributed by atoms with van der Waals surface area (Å²) in [5, 5.41) is 0. The average Bonchev–Trinajstić information content (AvgIpc) is 3.21. The number of benzene rings is 1. The van der Waals surface area contributed by atoms with E-state index in [9.17, 15) is 13.2 Å². The monoisotopic (exact) mass is 520 g/mol. The van der Waals surface area contributed by atoms with Crippen LogP contribution in [0, 0.1) is 5.92 Å². The molecule has 0 atom stereocenters. The average molecular weight is 521 g/mol. The number of imidazole rings is 1. The molecule has 1 aromatic carbocycles. The molecule has 3 heterocycles. The predicted molar refractivity (Wildman–Crippen MR) is 142 cm³/mol. The first kappa shape index (κ1) is 26.7. The fraction of sp³-hybridized carbons (Fsp3) is 0.680. The van der Waals surface area contributed by atoms with Crippen molar-refractivity contribution in [2.24, 2.45) is 5.92 Å². The Hall–Kier alpha value is -2.37. The second-order valence-electron chi connectivity index (χ2n) is 11.1. The Labute approximate surface area is 215 Å². The Morgan fingerprint density at radius 1 is 1.08 bits per heavy atom. The van der Waals surface area contributed by atoms with E-state index in [-0.39, 0.29) is 24.5 Å². The van der Waals surface area contributed by atoms with Crippen molar-refractivity contribution in [3.05, 3.63) is 24.0 Å². The first-order valence-corrected chi connectivity index (χ1v) is 14.1. The zero-order valence-electron chi connectivity index (χ0n) is 22.4. The highest BCUT2D eigenvalue weighted by atomic mass is 32.2. The summed E-state index contributed by atoms with van der Waals surface area (Å²) < 4.78 is 37.5. The van der Waals surface area contributed by atoms with Gasteiger partial charge in [-0.1, -0.05) is 20.8 Å². The Bertz CT molecular complexity index is 1190. The van der Waals surface area contributed by atoms with Gasteiger partial charge in [-0.25, -0.2) is 9.78 Å². The predicted octanol–water partition coefficient (Wildman–Crippen LogP) is 2.74. The topological polar surface area (TPSA) is 91.2 Å². The lowest BCUT2D eigenvalue weighted by molar-refractivity contribution is 0.0611. The molecule has 0 spiro atoms. The fourth-order valence-electron chi connectivity index (χ4n) is 4.96. The van der Waals surface area contributed by atoms with Crippen LogP contribution in [0.4, 0.5) is 10.5 Å². The Balaban J connectivity index is 1.58. The number of fused-ring (bicyclic) bond motifs is 1. The molecule has 0 saturated carbocycles. The molecule has 1 aromatic heterocycles.